The van der Waals surface area contributed by atoms with Crippen molar-refractivity contribution in [3.8, 4) is 0 Å². The fourth-order valence-electron chi connectivity index (χ4n) is 0.575. The van der Waals surface area contributed by atoms with Crippen molar-refractivity contribution >= 4 is 11.9 Å². The topological polar surface area (TPSA) is 101 Å². The van der Waals surface area contributed by atoms with E-state index in [9.17, 15) is 9.59 Å². The molecule has 0 aliphatic rings. The summed E-state index contributed by atoms with van der Waals surface area (Å²) in [6, 6.07) is 0. The van der Waals surface area contributed by atoms with Crippen molar-refractivity contribution in [2.45, 2.75) is 26.2 Å². The first-order valence-electron chi connectivity index (χ1n) is 4.86. The summed E-state index contributed by atoms with van der Waals surface area (Å²) >= 11 is 0. The van der Waals surface area contributed by atoms with Gasteiger partial charge in [-0.1, -0.05) is 26.5 Å². The number of hydrogen-bond donors (Lipinski definition) is 3. The average molecular weight is 229 g/mol. The van der Waals surface area contributed by atoms with Gasteiger partial charge in [0, 0.05) is 11.1 Å². The molecule has 0 rings (SSSR count). The summed E-state index contributed by atoms with van der Waals surface area (Å²) in [5, 5.41) is 16.4. The van der Waals surface area contributed by atoms with E-state index >= 15 is 0 Å². The number of carboxylic acids is 1. The third-order valence-electron chi connectivity index (χ3n) is 1.67. The Labute approximate surface area is 95.3 Å². The zero-order valence-corrected chi connectivity index (χ0v) is 9.53. The molecule has 0 heterocycles. The van der Waals surface area contributed by atoms with Crippen molar-refractivity contribution in [1.29, 1.82) is 0 Å². The van der Waals surface area contributed by atoms with Gasteiger partial charge in [0.1, 0.15) is 0 Å². The van der Waals surface area contributed by atoms with Crippen LogP contribution < -0.4 is 5.73 Å². The first-order chi connectivity index (χ1) is 7.36. The normalized spacial score (nSPS) is 8.62. The second-order valence-corrected chi connectivity index (χ2v) is 3.14. The molecular weight excluding hydrogens is 210 g/mol. The van der Waals surface area contributed by atoms with Gasteiger partial charge in [0.25, 0.3) is 0 Å². The van der Waals surface area contributed by atoms with Gasteiger partial charge in [0.15, 0.2) is 0 Å². The van der Waals surface area contributed by atoms with E-state index in [0.29, 0.717) is 12.0 Å². The van der Waals surface area contributed by atoms with Crippen molar-refractivity contribution in [3.05, 3.63) is 24.3 Å². The number of carboxylic acid groups (broad SMARTS) is 1. The third kappa shape index (κ3) is 10.5. The first kappa shape index (κ1) is 16.8. The summed E-state index contributed by atoms with van der Waals surface area (Å²) in [4.78, 5) is 20.0. The van der Waals surface area contributed by atoms with Gasteiger partial charge in [-0.15, -0.1) is 0 Å². The van der Waals surface area contributed by atoms with Crippen LogP contribution in [0.1, 0.15) is 26.2 Å². The van der Waals surface area contributed by atoms with Gasteiger partial charge in [-0.05, 0) is 12.8 Å². The van der Waals surface area contributed by atoms with Crippen LogP contribution in [0.25, 0.3) is 0 Å². The maximum atomic E-state index is 10.1. The number of aliphatic hydroxyl groups excluding tert-OH is 1. The maximum Gasteiger partial charge on any atom is 0.330 e. The highest BCUT2D eigenvalue weighted by Gasteiger charge is 2.00. The number of unbranched alkanes of at least 4 members (excludes halogenated alkanes) is 1. The number of hydrogen-bond acceptors (Lipinski definition) is 3. The number of amides is 1. The SMILES string of the molecule is C=C(CCCC)C(=O)O.C=C(CO)C(N)=O. The van der Waals surface area contributed by atoms with Gasteiger partial charge in [-0.3, -0.25) is 4.79 Å². The van der Waals surface area contributed by atoms with Gasteiger partial charge in [-0.25, -0.2) is 4.79 Å². The molecule has 0 saturated heterocycles. The van der Waals surface area contributed by atoms with Crippen molar-refractivity contribution in [2.24, 2.45) is 5.73 Å². The smallest absolute Gasteiger partial charge is 0.330 e. The molecule has 0 unspecified atom stereocenters. The molecule has 0 saturated carbocycles. The lowest BCUT2D eigenvalue weighted by molar-refractivity contribution is -0.132. The lowest BCUT2D eigenvalue weighted by Crippen LogP contribution is -2.14. The standard InChI is InChI=1S/C7H12O2.C4H7NO2/c1-3-4-5-6(2)7(8)9;1-3(2-6)4(5)7/h2-5H2,1H3,(H,8,9);6H,1-2H2,(H2,5,7). The third-order valence-corrected chi connectivity index (χ3v) is 1.67. The van der Waals surface area contributed by atoms with Crippen LogP contribution in [0.4, 0.5) is 0 Å². The van der Waals surface area contributed by atoms with Crippen LogP contribution in [-0.2, 0) is 9.59 Å². The van der Waals surface area contributed by atoms with Crippen LogP contribution in [0.5, 0.6) is 0 Å². The molecule has 0 aliphatic heterocycles. The highest BCUT2D eigenvalue weighted by Crippen LogP contribution is 2.03. The molecule has 0 aromatic carbocycles. The number of aliphatic hydroxyl groups is 1. The van der Waals surface area contributed by atoms with Crippen molar-refractivity contribution in [3.63, 3.8) is 0 Å². The van der Waals surface area contributed by atoms with Crippen LogP contribution >= 0.6 is 0 Å². The van der Waals surface area contributed by atoms with Crippen molar-refractivity contribution in [2.75, 3.05) is 6.61 Å². The summed E-state index contributed by atoms with van der Waals surface area (Å²) in [7, 11) is 0. The van der Waals surface area contributed by atoms with E-state index in [0.717, 1.165) is 12.8 Å². The maximum absolute atomic E-state index is 10.1. The van der Waals surface area contributed by atoms with Crippen LogP contribution in [0.15, 0.2) is 24.3 Å². The second-order valence-electron chi connectivity index (χ2n) is 3.14. The van der Waals surface area contributed by atoms with Crippen LogP contribution in [0.2, 0.25) is 0 Å². The van der Waals surface area contributed by atoms with E-state index in [1.54, 1.807) is 0 Å². The molecule has 0 spiro atoms. The summed E-state index contributed by atoms with van der Waals surface area (Å²) in [5.74, 6) is -1.52. The molecule has 5 nitrogen and oxygen atoms in total. The quantitative estimate of drug-likeness (QED) is 0.587. The molecule has 0 bridgehead atoms. The van der Waals surface area contributed by atoms with Gasteiger partial charge < -0.3 is 15.9 Å². The fourth-order valence-corrected chi connectivity index (χ4v) is 0.575. The molecule has 0 atom stereocenters. The highest BCUT2D eigenvalue weighted by molar-refractivity contribution is 5.91. The van der Waals surface area contributed by atoms with Gasteiger partial charge in [-0.2, -0.15) is 0 Å². The van der Waals surface area contributed by atoms with Crippen LogP contribution in [0, 0.1) is 0 Å². The number of nitrogens with two attached hydrogens (primary N) is 1. The number of rotatable bonds is 6. The predicted octanol–water partition coefficient (Wildman–Crippen LogP) is 0.838. The minimum absolute atomic E-state index is 0.0417. The summed E-state index contributed by atoms with van der Waals surface area (Å²) in [6.45, 7) is 8.21. The molecular formula is C11H19NO4. The Morgan fingerprint density at radius 2 is 1.75 bits per heavy atom. The monoisotopic (exact) mass is 229 g/mol. The lowest BCUT2D eigenvalue weighted by Gasteiger charge is -1.95. The Morgan fingerprint density at radius 3 is 1.94 bits per heavy atom. The van der Waals surface area contributed by atoms with E-state index in [1.165, 1.54) is 0 Å². The Bertz CT molecular complexity index is 271. The van der Waals surface area contributed by atoms with Crippen molar-refractivity contribution < 1.29 is 19.8 Å². The van der Waals surface area contributed by atoms with Gasteiger partial charge in [0.05, 0.1) is 6.61 Å². The number of aliphatic carboxylic acids is 1. The molecule has 5 heteroatoms. The predicted molar refractivity (Wildman–Crippen MR) is 61.7 cm³/mol. The summed E-state index contributed by atoms with van der Waals surface area (Å²) < 4.78 is 0. The largest absolute Gasteiger partial charge is 0.478 e. The summed E-state index contributed by atoms with van der Waals surface area (Å²) in [5.41, 5.74) is 5.01. The van der Waals surface area contributed by atoms with E-state index < -0.39 is 11.9 Å². The Hall–Kier alpha value is -1.62. The molecule has 0 aliphatic carbocycles. The molecule has 16 heavy (non-hydrogen) atoms. The first-order valence-corrected chi connectivity index (χ1v) is 4.86. The minimum atomic E-state index is -0.872. The Kier molecular flexibility index (Phi) is 10.4. The van der Waals surface area contributed by atoms with Gasteiger partial charge in [0.2, 0.25) is 5.91 Å². The average Bonchev–Trinajstić information content (AvgIpc) is 2.25. The zero-order chi connectivity index (χ0) is 13.1. The van der Waals surface area contributed by atoms with Crippen LogP contribution in [0.3, 0.4) is 0 Å². The summed E-state index contributed by atoms with van der Waals surface area (Å²) in [6.07, 6.45) is 2.56. The molecule has 1 amide bonds. The second kappa shape index (κ2) is 9.92. The minimum Gasteiger partial charge on any atom is -0.478 e. The number of carbonyl (C=O) groups excluding carboxylic acids is 1. The van der Waals surface area contributed by atoms with Crippen LogP contribution in [-0.4, -0.2) is 28.7 Å². The molecule has 0 fully saturated rings. The number of carbonyl (C=O) groups is 2. The zero-order valence-electron chi connectivity index (χ0n) is 9.53. The molecule has 0 aromatic heterocycles. The van der Waals surface area contributed by atoms with E-state index in [-0.39, 0.29) is 12.2 Å². The Balaban J connectivity index is 0. The highest BCUT2D eigenvalue weighted by atomic mass is 16.4. The number of primary amides is 1. The van der Waals surface area contributed by atoms with E-state index in [1.807, 2.05) is 6.92 Å². The fraction of sp³-hybridized carbons (Fsp3) is 0.455. The Morgan fingerprint density at radius 1 is 1.25 bits per heavy atom. The molecule has 4 N–H and O–H groups in total. The van der Waals surface area contributed by atoms with E-state index in [2.05, 4.69) is 18.9 Å². The van der Waals surface area contributed by atoms with Gasteiger partial charge >= 0.3 is 5.97 Å². The van der Waals surface area contributed by atoms with E-state index in [4.69, 9.17) is 10.2 Å². The lowest BCUT2D eigenvalue weighted by atomic mass is 10.1. The molecule has 92 valence electrons. The molecule has 0 radical (unpaired) electrons. The van der Waals surface area contributed by atoms with Crippen molar-refractivity contribution in [1.82, 2.24) is 0 Å². The molecule has 0 aromatic rings.